The van der Waals surface area contributed by atoms with Gasteiger partial charge in [-0.15, -0.1) is 23.1 Å². The molecule has 1 unspecified atom stereocenters. The number of thioether (sulfide) groups is 1. The molecule has 0 spiro atoms. The molecular formula is C37H31FN4O5S2. The second-order valence-corrected chi connectivity index (χ2v) is 12.4. The zero-order valence-electron chi connectivity index (χ0n) is 26.2. The van der Waals surface area contributed by atoms with Crippen LogP contribution in [0.3, 0.4) is 0 Å². The third-order valence-electron chi connectivity index (χ3n) is 6.83. The number of amides is 3. The Bertz CT molecular complexity index is 1970. The van der Waals surface area contributed by atoms with Crippen molar-refractivity contribution in [3.63, 3.8) is 0 Å². The molecule has 4 aromatic carbocycles. The molecule has 0 saturated heterocycles. The van der Waals surface area contributed by atoms with Gasteiger partial charge in [0.15, 0.2) is 5.13 Å². The fourth-order valence-corrected chi connectivity index (χ4v) is 6.35. The number of halogens is 1. The Kier molecular flexibility index (Phi) is 12.0. The maximum atomic E-state index is 14.6. The van der Waals surface area contributed by atoms with E-state index in [0.29, 0.717) is 27.0 Å². The van der Waals surface area contributed by atoms with Crippen LogP contribution in [-0.4, -0.2) is 35.3 Å². The Balaban J connectivity index is 1.34. The van der Waals surface area contributed by atoms with Crippen molar-refractivity contribution in [2.24, 2.45) is 0 Å². The van der Waals surface area contributed by atoms with Gasteiger partial charge < -0.3 is 20.7 Å². The van der Waals surface area contributed by atoms with E-state index in [4.69, 9.17) is 4.74 Å². The predicted octanol–water partition coefficient (Wildman–Crippen LogP) is 7.27. The van der Waals surface area contributed by atoms with Gasteiger partial charge in [0, 0.05) is 27.1 Å². The topological polar surface area (TPSA) is 126 Å². The van der Waals surface area contributed by atoms with Gasteiger partial charge in [-0.1, -0.05) is 72.8 Å². The molecule has 3 amide bonds. The van der Waals surface area contributed by atoms with Crippen molar-refractivity contribution >= 4 is 63.7 Å². The zero-order chi connectivity index (χ0) is 34.6. The molecule has 12 heteroatoms. The first kappa shape index (κ1) is 34.7. The molecule has 9 nitrogen and oxygen atoms in total. The Labute approximate surface area is 290 Å². The summed E-state index contributed by atoms with van der Waals surface area (Å²) in [7, 11) is 0. The largest absolute Gasteiger partial charge is 0.466 e. The van der Waals surface area contributed by atoms with E-state index in [2.05, 4.69) is 20.9 Å². The molecular weight excluding hydrogens is 664 g/mol. The normalized spacial score (nSPS) is 11.7. The summed E-state index contributed by atoms with van der Waals surface area (Å²) in [6, 6.07) is 30.4. The number of aromatic nitrogens is 1. The van der Waals surface area contributed by atoms with Crippen molar-refractivity contribution in [3.05, 3.63) is 148 Å². The molecule has 0 saturated carbocycles. The molecule has 1 atom stereocenters. The van der Waals surface area contributed by atoms with Gasteiger partial charge in [0.25, 0.3) is 11.8 Å². The summed E-state index contributed by atoms with van der Waals surface area (Å²) in [4.78, 5) is 57.0. The van der Waals surface area contributed by atoms with Crippen LogP contribution >= 0.6 is 23.1 Å². The van der Waals surface area contributed by atoms with E-state index in [1.807, 2.05) is 30.3 Å². The van der Waals surface area contributed by atoms with E-state index in [9.17, 15) is 23.6 Å². The molecule has 0 fully saturated rings. The van der Waals surface area contributed by atoms with Crippen LogP contribution in [0, 0.1) is 5.82 Å². The van der Waals surface area contributed by atoms with Crippen LogP contribution in [0.1, 0.15) is 39.4 Å². The SMILES string of the molecule is CCOC(=O)Cc1csc(NC(=O)C(Sc2cccc(NC(=O)/C(=C/c3ccccc3F)NC(=O)c3ccccc3)c2)c2ccccc2)n1. The highest BCUT2D eigenvalue weighted by Gasteiger charge is 2.24. The van der Waals surface area contributed by atoms with Crippen LogP contribution in [0.5, 0.6) is 0 Å². The number of rotatable bonds is 13. The van der Waals surface area contributed by atoms with Gasteiger partial charge in [-0.25, -0.2) is 9.37 Å². The number of nitrogens with zero attached hydrogens (tertiary/aromatic N) is 1. The summed E-state index contributed by atoms with van der Waals surface area (Å²) < 4.78 is 19.5. The van der Waals surface area contributed by atoms with Crippen LogP contribution in [0.4, 0.5) is 15.2 Å². The van der Waals surface area contributed by atoms with Crippen molar-refractivity contribution in [1.82, 2.24) is 10.3 Å². The molecule has 248 valence electrons. The van der Waals surface area contributed by atoms with Crippen LogP contribution < -0.4 is 16.0 Å². The second kappa shape index (κ2) is 17.0. The Morgan fingerprint density at radius 1 is 0.898 bits per heavy atom. The molecule has 3 N–H and O–H groups in total. The molecule has 1 aromatic heterocycles. The van der Waals surface area contributed by atoms with E-state index in [0.717, 1.165) is 5.56 Å². The molecule has 0 aliphatic carbocycles. The molecule has 0 radical (unpaired) electrons. The third kappa shape index (κ3) is 9.95. The van der Waals surface area contributed by atoms with Gasteiger partial charge in [0.2, 0.25) is 5.91 Å². The van der Waals surface area contributed by atoms with E-state index in [1.165, 1.54) is 47.4 Å². The number of ether oxygens (including phenoxy) is 1. The Morgan fingerprint density at radius 2 is 1.61 bits per heavy atom. The molecule has 5 rings (SSSR count). The number of carbonyl (C=O) groups excluding carboxylic acids is 4. The highest BCUT2D eigenvalue weighted by molar-refractivity contribution is 8.00. The van der Waals surface area contributed by atoms with Crippen LogP contribution in [0.15, 0.2) is 125 Å². The number of carbonyl (C=O) groups is 4. The molecule has 0 aliphatic heterocycles. The number of esters is 1. The summed E-state index contributed by atoms with van der Waals surface area (Å²) >= 11 is 2.47. The first-order valence-electron chi connectivity index (χ1n) is 15.2. The lowest BCUT2D eigenvalue weighted by Crippen LogP contribution is -2.30. The van der Waals surface area contributed by atoms with E-state index in [1.54, 1.807) is 73.0 Å². The lowest BCUT2D eigenvalue weighted by Gasteiger charge is -2.17. The smallest absolute Gasteiger partial charge is 0.311 e. The first-order chi connectivity index (χ1) is 23.8. The molecule has 49 heavy (non-hydrogen) atoms. The van der Waals surface area contributed by atoms with Crippen LogP contribution in [0.25, 0.3) is 6.08 Å². The summed E-state index contributed by atoms with van der Waals surface area (Å²) in [6.07, 6.45) is 1.28. The van der Waals surface area contributed by atoms with Gasteiger partial charge in [-0.3, -0.25) is 19.2 Å². The summed E-state index contributed by atoms with van der Waals surface area (Å²) in [5.41, 5.74) is 1.90. The third-order valence-corrected chi connectivity index (χ3v) is 8.89. The molecule has 0 bridgehead atoms. The van der Waals surface area contributed by atoms with E-state index < -0.39 is 28.9 Å². The molecule has 5 aromatic rings. The molecule has 0 aliphatic rings. The fraction of sp³-hybridized carbons (Fsp3) is 0.108. The Hall–Kier alpha value is -5.59. The maximum absolute atomic E-state index is 14.6. The summed E-state index contributed by atoms with van der Waals surface area (Å²) in [5.74, 6) is -2.49. The number of anilines is 2. The minimum Gasteiger partial charge on any atom is -0.466 e. The van der Waals surface area contributed by atoms with Gasteiger partial charge in [-0.2, -0.15) is 0 Å². The predicted molar refractivity (Wildman–Crippen MR) is 189 cm³/mol. The van der Waals surface area contributed by atoms with Gasteiger partial charge >= 0.3 is 5.97 Å². The monoisotopic (exact) mass is 694 g/mol. The number of nitrogens with one attached hydrogen (secondary N) is 3. The maximum Gasteiger partial charge on any atom is 0.311 e. The molecule has 1 heterocycles. The van der Waals surface area contributed by atoms with Crippen LogP contribution in [-0.2, 0) is 25.5 Å². The lowest BCUT2D eigenvalue weighted by molar-refractivity contribution is -0.142. The zero-order valence-corrected chi connectivity index (χ0v) is 27.9. The van der Waals surface area contributed by atoms with Gasteiger partial charge in [0.1, 0.15) is 16.8 Å². The average molecular weight is 695 g/mol. The van der Waals surface area contributed by atoms with Crippen molar-refractivity contribution in [2.75, 3.05) is 17.2 Å². The van der Waals surface area contributed by atoms with E-state index >= 15 is 0 Å². The number of thiazole rings is 1. The van der Waals surface area contributed by atoms with Crippen molar-refractivity contribution in [3.8, 4) is 0 Å². The highest BCUT2D eigenvalue weighted by atomic mass is 32.2. The average Bonchev–Trinajstić information content (AvgIpc) is 3.54. The first-order valence-corrected chi connectivity index (χ1v) is 16.9. The van der Waals surface area contributed by atoms with Gasteiger partial charge in [-0.05, 0) is 55.0 Å². The number of benzene rings is 4. The Morgan fingerprint density at radius 3 is 2.35 bits per heavy atom. The van der Waals surface area contributed by atoms with Gasteiger partial charge in [0.05, 0.1) is 18.7 Å². The second-order valence-electron chi connectivity index (χ2n) is 10.4. The van der Waals surface area contributed by atoms with Crippen LogP contribution in [0.2, 0.25) is 0 Å². The summed E-state index contributed by atoms with van der Waals surface area (Å²) in [5, 5.41) is 9.59. The number of hydrogen-bond donors (Lipinski definition) is 3. The quantitative estimate of drug-likeness (QED) is 0.0673. The van der Waals surface area contributed by atoms with Crippen molar-refractivity contribution in [2.45, 2.75) is 23.5 Å². The van der Waals surface area contributed by atoms with Crippen molar-refractivity contribution in [1.29, 1.82) is 0 Å². The van der Waals surface area contributed by atoms with E-state index in [-0.39, 0.29) is 30.2 Å². The summed E-state index contributed by atoms with van der Waals surface area (Å²) in [6.45, 7) is 1.99. The minimum atomic E-state index is -0.703. The lowest BCUT2D eigenvalue weighted by atomic mass is 10.1. The minimum absolute atomic E-state index is 0.00269. The standard InChI is InChI=1S/C37H31FN4O5S2/c1-2-47-32(43)22-28-23-48-37(40-28)42-36(46)33(24-12-5-3-6-13-24)49-29-18-11-17-27(21-29)39-35(45)31(20-26-16-9-10-19-30(26)38)41-34(44)25-14-7-4-8-15-25/h3-21,23,33H,2,22H2,1H3,(H,39,45)(H,41,44)(H,40,42,46)/b31-20-. The highest BCUT2D eigenvalue weighted by Crippen LogP contribution is 2.37. The van der Waals surface area contributed by atoms with Crippen molar-refractivity contribution < 1.29 is 28.3 Å². The number of hydrogen-bond acceptors (Lipinski definition) is 8. The fourth-order valence-electron chi connectivity index (χ4n) is 4.55.